The number of amides is 2. The molecule has 0 aromatic heterocycles. The Kier molecular flexibility index (Phi) is 7.63. The van der Waals surface area contributed by atoms with Gasteiger partial charge in [0.15, 0.2) is 0 Å². The summed E-state index contributed by atoms with van der Waals surface area (Å²) in [7, 11) is -2.24. The molecule has 0 aliphatic carbocycles. The van der Waals surface area contributed by atoms with E-state index < -0.39 is 16.1 Å². The number of carbonyl (C=O) groups excluding carboxylic acids is 2. The molecule has 0 radical (unpaired) electrons. The molecule has 32 heavy (non-hydrogen) atoms. The predicted molar refractivity (Wildman–Crippen MR) is 124 cm³/mol. The van der Waals surface area contributed by atoms with Gasteiger partial charge in [0.25, 0.3) is 5.91 Å². The van der Waals surface area contributed by atoms with E-state index in [0.29, 0.717) is 16.3 Å². The smallest absolute Gasteiger partial charge is 0.253 e. The molecule has 7 nitrogen and oxygen atoms in total. The summed E-state index contributed by atoms with van der Waals surface area (Å²) in [5.74, 6) is -0.735. The zero-order chi connectivity index (χ0) is 23.1. The van der Waals surface area contributed by atoms with Crippen LogP contribution in [-0.4, -0.2) is 27.3 Å². The SMILES string of the molecule is CNS(=O)(=O)c1ccc(NC(=O)CC(NC(=O)c2ccccc2Cl)c2ccccc2)cc1. The standard InChI is InChI=1S/C23H22ClN3O4S/c1-25-32(30,31)18-13-11-17(12-14-18)26-22(28)15-21(16-7-3-2-4-8-16)27-23(29)19-9-5-6-10-20(19)24/h2-14,21,25H,15H2,1H3,(H,26,28)(H,27,29). The Labute approximate surface area is 191 Å². The first kappa shape index (κ1) is 23.5. The molecule has 0 aliphatic rings. The van der Waals surface area contributed by atoms with Crippen LogP contribution in [0.1, 0.15) is 28.4 Å². The van der Waals surface area contributed by atoms with E-state index in [1.54, 1.807) is 24.3 Å². The van der Waals surface area contributed by atoms with Gasteiger partial charge >= 0.3 is 0 Å². The Balaban J connectivity index is 1.74. The second kappa shape index (κ2) is 10.4. The summed E-state index contributed by atoms with van der Waals surface area (Å²) in [5.41, 5.74) is 1.52. The number of anilines is 1. The lowest BCUT2D eigenvalue weighted by Gasteiger charge is -2.19. The van der Waals surface area contributed by atoms with Crippen LogP contribution in [0.15, 0.2) is 83.8 Å². The largest absolute Gasteiger partial charge is 0.345 e. The van der Waals surface area contributed by atoms with Crippen molar-refractivity contribution in [2.45, 2.75) is 17.4 Å². The molecule has 0 saturated carbocycles. The van der Waals surface area contributed by atoms with Gasteiger partial charge in [-0.2, -0.15) is 0 Å². The van der Waals surface area contributed by atoms with Crippen LogP contribution < -0.4 is 15.4 Å². The number of hydrogen-bond donors (Lipinski definition) is 3. The molecule has 9 heteroatoms. The fourth-order valence-corrected chi connectivity index (χ4v) is 4.00. The first-order valence-corrected chi connectivity index (χ1v) is 11.6. The van der Waals surface area contributed by atoms with Gasteiger partial charge in [0.2, 0.25) is 15.9 Å². The summed E-state index contributed by atoms with van der Waals surface area (Å²) in [4.78, 5) is 25.5. The van der Waals surface area contributed by atoms with E-state index >= 15 is 0 Å². The minimum atomic E-state index is -3.56. The van der Waals surface area contributed by atoms with Crippen molar-refractivity contribution < 1.29 is 18.0 Å². The van der Waals surface area contributed by atoms with Gasteiger partial charge in [0, 0.05) is 5.69 Å². The van der Waals surface area contributed by atoms with Crippen LogP contribution in [-0.2, 0) is 14.8 Å². The normalized spacial score (nSPS) is 12.1. The molecular weight excluding hydrogens is 450 g/mol. The van der Waals surface area contributed by atoms with E-state index in [0.717, 1.165) is 5.56 Å². The number of nitrogens with one attached hydrogen (secondary N) is 3. The Morgan fingerprint density at radius 1 is 0.906 bits per heavy atom. The van der Waals surface area contributed by atoms with Crippen molar-refractivity contribution in [3.05, 3.63) is 95.0 Å². The minimum Gasteiger partial charge on any atom is -0.345 e. The average Bonchev–Trinajstić information content (AvgIpc) is 2.79. The van der Waals surface area contributed by atoms with Crippen LogP contribution in [0, 0.1) is 0 Å². The van der Waals surface area contributed by atoms with Crippen molar-refractivity contribution in [2.24, 2.45) is 0 Å². The molecule has 1 atom stereocenters. The molecule has 0 spiro atoms. The van der Waals surface area contributed by atoms with Crippen LogP contribution in [0.2, 0.25) is 5.02 Å². The number of carbonyl (C=O) groups is 2. The third-order valence-corrected chi connectivity index (χ3v) is 6.49. The molecule has 2 amide bonds. The first-order valence-electron chi connectivity index (χ1n) is 9.74. The topological polar surface area (TPSA) is 104 Å². The number of sulfonamides is 1. The maximum atomic E-state index is 12.8. The fourth-order valence-electron chi connectivity index (χ4n) is 3.05. The summed E-state index contributed by atoms with van der Waals surface area (Å²) < 4.78 is 25.9. The van der Waals surface area contributed by atoms with Crippen LogP contribution in [0.25, 0.3) is 0 Å². The van der Waals surface area contributed by atoms with Gasteiger partial charge in [-0.25, -0.2) is 13.1 Å². The zero-order valence-electron chi connectivity index (χ0n) is 17.2. The van der Waals surface area contributed by atoms with E-state index in [1.165, 1.54) is 31.3 Å². The van der Waals surface area contributed by atoms with Crippen molar-refractivity contribution in [2.75, 3.05) is 12.4 Å². The second-order valence-corrected chi connectivity index (χ2v) is 9.19. The average molecular weight is 472 g/mol. The molecule has 3 rings (SSSR count). The van der Waals surface area contributed by atoms with Crippen LogP contribution in [0.5, 0.6) is 0 Å². The van der Waals surface area contributed by atoms with Crippen molar-refractivity contribution in [3.63, 3.8) is 0 Å². The molecule has 3 aromatic carbocycles. The first-order chi connectivity index (χ1) is 15.3. The molecule has 3 aromatic rings. The van der Waals surface area contributed by atoms with E-state index in [9.17, 15) is 18.0 Å². The number of benzene rings is 3. The molecule has 0 heterocycles. The van der Waals surface area contributed by atoms with Crippen molar-refractivity contribution in [1.82, 2.24) is 10.0 Å². The van der Waals surface area contributed by atoms with Gasteiger partial charge in [-0.3, -0.25) is 9.59 Å². The summed E-state index contributed by atoms with van der Waals surface area (Å²) in [6.45, 7) is 0. The van der Waals surface area contributed by atoms with Crippen molar-refractivity contribution in [1.29, 1.82) is 0 Å². The van der Waals surface area contributed by atoms with E-state index in [4.69, 9.17) is 11.6 Å². The van der Waals surface area contributed by atoms with Crippen molar-refractivity contribution in [3.8, 4) is 0 Å². The fraction of sp³-hybridized carbons (Fsp3) is 0.130. The zero-order valence-corrected chi connectivity index (χ0v) is 18.8. The molecule has 3 N–H and O–H groups in total. The molecule has 0 aliphatic heterocycles. The highest BCUT2D eigenvalue weighted by Crippen LogP contribution is 2.21. The summed E-state index contributed by atoms with van der Waals surface area (Å²) >= 11 is 6.13. The number of halogens is 1. The lowest BCUT2D eigenvalue weighted by molar-refractivity contribution is -0.116. The van der Waals surface area contributed by atoms with Gasteiger partial charge in [0.1, 0.15) is 0 Å². The Morgan fingerprint density at radius 2 is 1.53 bits per heavy atom. The maximum Gasteiger partial charge on any atom is 0.253 e. The summed E-state index contributed by atoms with van der Waals surface area (Å²) in [5, 5.41) is 5.92. The lowest BCUT2D eigenvalue weighted by atomic mass is 10.0. The number of rotatable bonds is 8. The Hall–Kier alpha value is -3.20. The quantitative estimate of drug-likeness (QED) is 0.465. The molecule has 0 bridgehead atoms. The van der Waals surface area contributed by atoms with Gasteiger partial charge in [-0.15, -0.1) is 0 Å². The summed E-state index contributed by atoms with van der Waals surface area (Å²) in [6, 6.07) is 21.0. The molecule has 0 fully saturated rings. The van der Waals surface area contributed by atoms with Gasteiger partial charge in [-0.05, 0) is 49.0 Å². The van der Waals surface area contributed by atoms with Gasteiger partial charge < -0.3 is 10.6 Å². The Bertz CT molecular complexity index is 1200. The van der Waals surface area contributed by atoms with Crippen LogP contribution in [0.4, 0.5) is 5.69 Å². The highest BCUT2D eigenvalue weighted by atomic mass is 35.5. The third-order valence-electron chi connectivity index (χ3n) is 4.73. The van der Waals surface area contributed by atoms with Crippen molar-refractivity contribution >= 4 is 39.1 Å². The van der Waals surface area contributed by atoms with E-state index in [-0.39, 0.29) is 23.1 Å². The second-order valence-electron chi connectivity index (χ2n) is 6.90. The Morgan fingerprint density at radius 3 is 2.16 bits per heavy atom. The highest BCUT2D eigenvalue weighted by molar-refractivity contribution is 7.89. The van der Waals surface area contributed by atoms with Crippen LogP contribution >= 0.6 is 11.6 Å². The van der Waals surface area contributed by atoms with Gasteiger partial charge in [0.05, 0.1) is 27.9 Å². The van der Waals surface area contributed by atoms with E-state index in [1.807, 2.05) is 30.3 Å². The van der Waals surface area contributed by atoms with Crippen LogP contribution in [0.3, 0.4) is 0 Å². The predicted octanol–water partition coefficient (Wildman–Crippen LogP) is 3.75. The third kappa shape index (κ3) is 5.94. The lowest BCUT2D eigenvalue weighted by Crippen LogP contribution is -2.31. The molecule has 0 saturated heterocycles. The minimum absolute atomic E-state index is 0.0310. The number of hydrogen-bond acceptors (Lipinski definition) is 4. The monoisotopic (exact) mass is 471 g/mol. The summed E-state index contributed by atoms with van der Waals surface area (Å²) in [6.07, 6.45) is -0.0310. The highest BCUT2D eigenvalue weighted by Gasteiger charge is 2.21. The molecule has 166 valence electrons. The van der Waals surface area contributed by atoms with Gasteiger partial charge in [-0.1, -0.05) is 54.1 Å². The molecule has 1 unspecified atom stereocenters. The van der Waals surface area contributed by atoms with E-state index in [2.05, 4.69) is 15.4 Å². The maximum absolute atomic E-state index is 12.8. The molecular formula is C23H22ClN3O4S.